The minimum absolute atomic E-state index is 0.00333. The van der Waals surface area contributed by atoms with Gasteiger partial charge in [0.2, 0.25) is 0 Å². The van der Waals surface area contributed by atoms with Crippen molar-refractivity contribution in [3.05, 3.63) is 29.3 Å². The Bertz CT molecular complexity index is 401. The Morgan fingerprint density at radius 1 is 1.44 bits per heavy atom. The van der Waals surface area contributed by atoms with Gasteiger partial charge in [0.1, 0.15) is 5.75 Å². The van der Waals surface area contributed by atoms with Crippen LogP contribution in [0.2, 0.25) is 0 Å². The quantitative estimate of drug-likeness (QED) is 0.787. The smallest absolute Gasteiger partial charge is 0.123 e. The van der Waals surface area contributed by atoms with Crippen LogP contribution in [0.4, 0.5) is 0 Å². The molecule has 0 aromatic heterocycles. The fourth-order valence-electron chi connectivity index (χ4n) is 1.63. The Balaban J connectivity index is 2.80. The van der Waals surface area contributed by atoms with Crippen LogP contribution in [0.5, 0.6) is 5.75 Å². The fraction of sp³-hybridized carbons (Fsp3) is 0.429. The highest BCUT2D eigenvalue weighted by atomic mass is 16.5. The highest BCUT2D eigenvalue weighted by Gasteiger charge is 2.10. The summed E-state index contributed by atoms with van der Waals surface area (Å²) in [7, 11) is 1.68. The molecule has 2 nitrogen and oxygen atoms in total. The molecule has 0 fully saturated rings. The third-order valence-electron chi connectivity index (χ3n) is 2.55. The summed E-state index contributed by atoms with van der Waals surface area (Å²) < 4.78 is 5.34. The first-order valence-electron chi connectivity index (χ1n) is 5.48. The average molecular weight is 217 g/mol. The third kappa shape index (κ3) is 3.29. The first kappa shape index (κ1) is 12.6. The molecule has 1 aromatic carbocycles. The van der Waals surface area contributed by atoms with Crippen LogP contribution in [-0.2, 0) is 0 Å². The molecule has 2 N–H and O–H groups in total. The van der Waals surface area contributed by atoms with Crippen molar-refractivity contribution in [3.8, 4) is 17.6 Å². The second-order valence-corrected chi connectivity index (χ2v) is 3.82. The molecule has 2 heteroatoms. The van der Waals surface area contributed by atoms with E-state index in [2.05, 4.69) is 17.9 Å². The van der Waals surface area contributed by atoms with Gasteiger partial charge in [-0.1, -0.05) is 12.1 Å². The first-order valence-corrected chi connectivity index (χ1v) is 5.48. The van der Waals surface area contributed by atoms with Crippen LogP contribution in [0.25, 0.3) is 0 Å². The largest absolute Gasteiger partial charge is 0.496 e. The maximum Gasteiger partial charge on any atom is 0.123 e. The van der Waals surface area contributed by atoms with E-state index < -0.39 is 0 Å². The number of rotatable bonds is 4. The zero-order valence-electron chi connectivity index (χ0n) is 10.2. The van der Waals surface area contributed by atoms with E-state index in [4.69, 9.17) is 10.5 Å². The van der Waals surface area contributed by atoms with Crippen LogP contribution in [0.15, 0.2) is 18.2 Å². The summed E-state index contributed by atoms with van der Waals surface area (Å²) >= 11 is 0. The Labute approximate surface area is 97.8 Å². The lowest BCUT2D eigenvalue weighted by Crippen LogP contribution is -2.11. The van der Waals surface area contributed by atoms with Crippen molar-refractivity contribution >= 4 is 0 Å². The summed E-state index contributed by atoms with van der Waals surface area (Å²) in [6.45, 7) is 3.89. The Morgan fingerprint density at radius 3 is 2.81 bits per heavy atom. The fourth-order valence-corrected chi connectivity index (χ4v) is 1.63. The summed E-state index contributed by atoms with van der Waals surface area (Å²) in [5, 5.41) is 0. The van der Waals surface area contributed by atoms with Crippen LogP contribution in [0.3, 0.4) is 0 Å². The van der Waals surface area contributed by atoms with Gasteiger partial charge in [0.25, 0.3) is 0 Å². The van der Waals surface area contributed by atoms with Gasteiger partial charge >= 0.3 is 0 Å². The second kappa shape index (κ2) is 6.19. The van der Waals surface area contributed by atoms with E-state index in [1.165, 1.54) is 5.56 Å². The van der Waals surface area contributed by atoms with Gasteiger partial charge in [-0.2, -0.15) is 0 Å². The SMILES string of the molecule is CC#CCCC(N)c1ccc(C)cc1OC. The number of hydrogen-bond acceptors (Lipinski definition) is 2. The molecule has 0 spiro atoms. The van der Waals surface area contributed by atoms with Gasteiger partial charge in [-0.25, -0.2) is 0 Å². The topological polar surface area (TPSA) is 35.2 Å². The minimum Gasteiger partial charge on any atom is -0.496 e. The highest BCUT2D eigenvalue weighted by molar-refractivity contribution is 5.39. The second-order valence-electron chi connectivity index (χ2n) is 3.82. The zero-order chi connectivity index (χ0) is 12.0. The third-order valence-corrected chi connectivity index (χ3v) is 2.55. The standard InChI is InChI=1S/C14H19NO/c1-4-5-6-7-13(15)12-9-8-11(2)10-14(12)16-3/h8-10,13H,6-7,15H2,1-3H3. The molecule has 0 aliphatic rings. The Morgan fingerprint density at radius 2 is 2.19 bits per heavy atom. The van der Waals surface area contributed by atoms with Crippen LogP contribution >= 0.6 is 0 Å². The molecule has 0 amide bonds. The molecule has 0 bridgehead atoms. The van der Waals surface area contributed by atoms with Gasteiger partial charge < -0.3 is 10.5 Å². The summed E-state index contributed by atoms with van der Waals surface area (Å²) in [4.78, 5) is 0. The lowest BCUT2D eigenvalue weighted by Gasteiger charge is -2.15. The Kier molecular flexibility index (Phi) is 4.88. The lowest BCUT2D eigenvalue weighted by atomic mass is 10.0. The maximum absolute atomic E-state index is 6.11. The van der Waals surface area contributed by atoms with Gasteiger partial charge in [-0.3, -0.25) is 0 Å². The molecule has 1 rings (SSSR count). The van der Waals surface area contributed by atoms with Gasteiger partial charge in [-0.05, 0) is 31.9 Å². The maximum atomic E-state index is 6.11. The van der Waals surface area contributed by atoms with Crippen molar-refractivity contribution in [2.24, 2.45) is 5.73 Å². The monoisotopic (exact) mass is 217 g/mol. The zero-order valence-corrected chi connectivity index (χ0v) is 10.2. The molecule has 1 atom stereocenters. The van der Waals surface area contributed by atoms with Crippen molar-refractivity contribution in [1.29, 1.82) is 0 Å². The molecule has 0 radical (unpaired) electrons. The summed E-state index contributed by atoms with van der Waals surface area (Å²) in [5.41, 5.74) is 8.36. The van der Waals surface area contributed by atoms with Crippen LogP contribution < -0.4 is 10.5 Å². The molecule has 86 valence electrons. The number of benzene rings is 1. The molecule has 0 aliphatic heterocycles. The number of hydrogen-bond donors (Lipinski definition) is 1. The van der Waals surface area contributed by atoms with E-state index in [1.54, 1.807) is 7.11 Å². The van der Waals surface area contributed by atoms with Crippen molar-refractivity contribution < 1.29 is 4.74 Å². The van der Waals surface area contributed by atoms with Crippen LogP contribution in [-0.4, -0.2) is 7.11 Å². The first-order chi connectivity index (χ1) is 7.69. The van der Waals surface area contributed by atoms with E-state index in [9.17, 15) is 0 Å². The number of methoxy groups -OCH3 is 1. The lowest BCUT2D eigenvalue weighted by molar-refractivity contribution is 0.404. The molecular formula is C14H19NO. The van der Waals surface area contributed by atoms with Gasteiger partial charge in [0.15, 0.2) is 0 Å². The van der Waals surface area contributed by atoms with E-state index in [1.807, 2.05) is 26.0 Å². The summed E-state index contributed by atoms with van der Waals surface area (Å²) in [6.07, 6.45) is 1.69. The van der Waals surface area contributed by atoms with E-state index >= 15 is 0 Å². The molecule has 16 heavy (non-hydrogen) atoms. The van der Waals surface area contributed by atoms with Gasteiger partial charge in [0.05, 0.1) is 7.11 Å². The number of ether oxygens (including phenoxy) is 1. The van der Waals surface area contributed by atoms with Crippen molar-refractivity contribution in [1.82, 2.24) is 0 Å². The minimum atomic E-state index is -0.00333. The van der Waals surface area contributed by atoms with E-state index in [0.29, 0.717) is 0 Å². The van der Waals surface area contributed by atoms with E-state index in [-0.39, 0.29) is 6.04 Å². The van der Waals surface area contributed by atoms with Crippen molar-refractivity contribution in [3.63, 3.8) is 0 Å². The Hall–Kier alpha value is -1.46. The van der Waals surface area contributed by atoms with Crippen LogP contribution in [0.1, 0.15) is 36.9 Å². The van der Waals surface area contributed by atoms with Crippen molar-refractivity contribution in [2.45, 2.75) is 32.7 Å². The highest BCUT2D eigenvalue weighted by Crippen LogP contribution is 2.27. The van der Waals surface area contributed by atoms with E-state index in [0.717, 1.165) is 24.2 Å². The van der Waals surface area contributed by atoms with Crippen LogP contribution in [0, 0.1) is 18.8 Å². The predicted octanol–water partition coefficient (Wildman–Crippen LogP) is 2.81. The average Bonchev–Trinajstić information content (AvgIpc) is 2.29. The summed E-state index contributed by atoms with van der Waals surface area (Å²) in [5.74, 6) is 6.77. The molecule has 1 unspecified atom stereocenters. The summed E-state index contributed by atoms with van der Waals surface area (Å²) in [6, 6.07) is 6.11. The normalized spacial score (nSPS) is 11.5. The number of nitrogens with two attached hydrogens (primary N) is 1. The van der Waals surface area contributed by atoms with Crippen molar-refractivity contribution in [2.75, 3.05) is 7.11 Å². The molecule has 0 heterocycles. The molecule has 0 saturated heterocycles. The molecule has 1 aromatic rings. The van der Waals surface area contributed by atoms with Gasteiger partial charge in [-0.15, -0.1) is 11.8 Å². The predicted molar refractivity (Wildman–Crippen MR) is 67.3 cm³/mol. The van der Waals surface area contributed by atoms with Gasteiger partial charge in [0, 0.05) is 18.0 Å². The molecular weight excluding hydrogens is 198 g/mol. The molecule has 0 saturated carbocycles. The number of aryl methyl sites for hydroxylation is 1. The molecule has 0 aliphatic carbocycles.